The highest BCUT2D eigenvalue weighted by atomic mass is 19.1. The predicted molar refractivity (Wildman–Crippen MR) is 74.2 cm³/mol. The summed E-state index contributed by atoms with van der Waals surface area (Å²) in [6.45, 7) is 4.35. The Balaban J connectivity index is 2.08. The number of anilines is 1. The van der Waals surface area contributed by atoms with Crippen LogP contribution in [0.3, 0.4) is 0 Å². The molecule has 1 aliphatic rings. The highest BCUT2D eigenvalue weighted by Crippen LogP contribution is 2.29. The average Bonchev–Trinajstić information content (AvgIpc) is 2.34. The van der Waals surface area contributed by atoms with Gasteiger partial charge in [0, 0.05) is 11.7 Å². The second-order valence-electron chi connectivity index (χ2n) is 5.59. The van der Waals surface area contributed by atoms with Crippen LogP contribution in [0.1, 0.15) is 43.5 Å². The molecule has 3 atom stereocenters. The van der Waals surface area contributed by atoms with Crippen molar-refractivity contribution in [1.29, 1.82) is 0 Å². The Hall–Kier alpha value is -1.58. The van der Waals surface area contributed by atoms with Gasteiger partial charge in [-0.25, -0.2) is 4.39 Å². The molecule has 3 nitrogen and oxygen atoms in total. The van der Waals surface area contributed by atoms with Gasteiger partial charge in [0.05, 0.1) is 5.56 Å². The summed E-state index contributed by atoms with van der Waals surface area (Å²) in [6, 6.07) is 4.30. The molecule has 1 aromatic rings. The lowest BCUT2D eigenvalue weighted by Crippen LogP contribution is -2.43. The summed E-state index contributed by atoms with van der Waals surface area (Å²) in [5.74, 6) is 0.113. The Bertz CT molecular complexity index is 475. The number of hydrogen-bond acceptors (Lipinski definition) is 2. The molecule has 0 spiro atoms. The number of amides is 1. The summed E-state index contributed by atoms with van der Waals surface area (Å²) in [5, 5.41) is 2.96. The third kappa shape index (κ3) is 3.06. The van der Waals surface area contributed by atoms with Crippen LogP contribution in [0.5, 0.6) is 0 Å². The van der Waals surface area contributed by atoms with Crippen LogP contribution in [0.15, 0.2) is 18.2 Å². The molecule has 1 saturated carbocycles. The molecule has 0 saturated heterocycles. The molecule has 1 aliphatic carbocycles. The molecular weight excluding hydrogens is 243 g/mol. The van der Waals surface area contributed by atoms with Gasteiger partial charge >= 0.3 is 0 Å². The van der Waals surface area contributed by atoms with Crippen molar-refractivity contribution in [3.8, 4) is 0 Å². The van der Waals surface area contributed by atoms with Gasteiger partial charge in [-0.15, -0.1) is 0 Å². The van der Waals surface area contributed by atoms with Gasteiger partial charge in [-0.05, 0) is 36.5 Å². The Morgan fingerprint density at radius 3 is 2.79 bits per heavy atom. The van der Waals surface area contributed by atoms with E-state index in [1.54, 1.807) is 6.07 Å². The van der Waals surface area contributed by atoms with Crippen molar-refractivity contribution in [1.82, 2.24) is 5.32 Å². The number of benzene rings is 1. The predicted octanol–water partition coefficient (Wildman–Crippen LogP) is 2.96. The molecule has 0 heterocycles. The van der Waals surface area contributed by atoms with Crippen LogP contribution in [0, 0.1) is 17.7 Å². The van der Waals surface area contributed by atoms with Crippen LogP contribution in [0.25, 0.3) is 0 Å². The van der Waals surface area contributed by atoms with Crippen LogP contribution in [0.2, 0.25) is 0 Å². The van der Waals surface area contributed by atoms with Crippen LogP contribution < -0.4 is 11.1 Å². The second-order valence-corrected chi connectivity index (χ2v) is 5.59. The Morgan fingerprint density at radius 2 is 2.11 bits per heavy atom. The fraction of sp³-hybridized carbons (Fsp3) is 0.533. The number of carbonyl (C=O) groups excluding carboxylic acids is 1. The molecule has 19 heavy (non-hydrogen) atoms. The minimum absolute atomic E-state index is 0.0691. The molecule has 104 valence electrons. The summed E-state index contributed by atoms with van der Waals surface area (Å²) < 4.78 is 13.7. The number of carbonyl (C=O) groups is 1. The first-order chi connectivity index (χ1) is 8.99. The SMILES string of the molecule is CC1CCCC(NC(=O)c2ccc(N)cc2F)C1C. The zero-order valence-corrected chi connectivity index (χ0v) is 11.4. The highest BCUT2D eigenvalue weighted by molar-refractivity contribution is 5.95. The molecule has 3 unspecified atom stereocenters. The topological polar surface area (TPSA) is 55.1 Å². The van der Waals surface area contributed by atoms with E-state index >= 15 is 0 Å². The summed E-state index contributed by atoms with van der Waals surface area (Å²) >= 11 is 0. The van der Waals surface area contributed by atoms with E-state index in [4.69, 9.17) is 5.73 Å². The summed E-state index contributed by atoms with van der Waals surface area (Å²) in [4.78, 5) is 12.1. The first-order valence-electron chi connectivity index (χ1n) is 6.85. The lowest BCUT2D eigenvalue weighted by atomic mass is 9.78. The zero-order valence-electron chi connectivity index (χ0n) is 11.4. The van der Waals surface area contributed by atoms with Gasteiger partial charge in [0.1, 0.15) is 5.82 Å². The van der Waals surface area contributed by atoms with Gasteiger partial charge in [0.2, 0.25) is 0 Å². The minimum Gasteiger partial charge on any atom is -0.399 e. The molecule has 3 N–H and O–H groups in total. The van der Waals surface area contributed by atoms with E-state index in [1.807, 2.05) is 0 Å². The zero-order chi connectivity index (χ0) is 14.0. The summed E-state index contributed by atoms with van der Waals surface area (Å²) in [6.07, 6.45) is 3.28. The standard InChI is InChI=1S/C15H21FN2O/c1-9-4-3-5-14(10(9)2)18-15(19)12-7-6-11(17)8-13(12)16/h6-10,14H,3-5,17H2,1-2H3,(H,18,19). The average molecular weight is 264 g/mol. The van der Waals surface area contributed by atoms with Crippen molar-refractivity contribution >= 4 is 11.6 Å². The van der Waals surface area contributed by atoms with Gasteiger partial charge in [-0.3, -0.25) is 4.79 Å². The number of nitrogens with one attached hydrogen (secondary N) is 1. The molecule has 1 fully saturated rings. The quantitative estimate of drug-likeness (QED) is 0.807. The smallest absolute Gasteiger partial charge is 0.254 e. The number of rotatable bonds is 2. The van der Waals surface area contributed by atoms with E-state index in [9.17, 15) is 9.18 Å². The van der Waals surface area contributed by atoms with E-state index in [0.29, 0.717) is 17.5 Å². The van der Waals surface area contributed by atoms with Crippen LogP contribution >= 0.6 is 0 Å². The van der Waals surface area contributed by atoms with Crippen LogP contribution in [-0.4, -0.2) is 11.9 Å². The molecule has 1 aromatic carbocycles. The molecule has 1 amide bonds. The first-order valence-corrected chi connectivity index (χ1v) is 6.85. The maximum Gasteiger partial charge on any atom is 0.254 e. The monoisotopic (exact) mass is 264 g/mol. The van der Waals surface area contributed by atoms with Gasteiger partial charge in [0.15, 0.2) is 0 Å². The van der Waals surface area contributed by atoms with Crippen molar-refractivity contribution in [2.45, 2.75) is 39.2 Å². The van der Waals surface area contributed by atoms with Gasteiger partial charge < -0.3 is 11.1 Å². The summed E-state index contributed by atoms with van der Waals surface area (Å²) in [5.41, 5.74) is 5.88. The van der Waals surface area contributed by atoms with Crippen molar-refractivity contribution in [2.24, 2.45) is 11.8 Å². The highest BCUT2D eigenvalue weighted by Gasteiger charge is 2.28. The van der Waals surface area contributed by atoms with Crippen molar-refractivity contribution in [2.75, 3.05) is 5.73 Å². The number of nitrogen functional groups attached to an aromatic ring is 1. The van der Waals surface area contributed by atoms with Gasteiger partial charge in [-0.1, -0.05) is 26.7 Å². The van der Waals surface area contributed by atoms with Crippen molar-refractivity contribution in [3.63, 3.8) is 0 Å². The molecule has 0 radical (unpaired) electrons. The minimum atomic E-state index is -0.561. The van der Waals surface area contributed by atoms with Gasteiger partial charge in [-0.2, -0.15) is 0 Å². The summed E-state index contributed by atoms with van der Waals surface area (Å²) in [7, 11) is 0. The maximum atomic E-state index is 13.7. The molecule has 0 aromatic heterocycles. The van der Waals surface area contributed by atoms with Crippen molar-refractivity contribution < 1.29 is 9.18 Å². The number of nitrogens with two attached hydrogens (primary N) is 1. The fourth-order valence-electron chi connectivity index (χ4n) is 2.75. The van der Waals surface area contributed by atoms with Crippen molar-refractivity contribution in [3.05, 3.63) is 29.6 Å². The lowest BCUT2D eigenvalue weighted by molar-refractivity contribution is 0.0887. The Kier molecular flexibility index (Phi) is 4.08. The third-order valence-electron chi connectivity index (χ3n) is 4.26. The molecule has 4 heteroatoms. The molecule has 0 aliphatic heterocycles. The van der Waals surface area contributed by atoms with E-state index in [0.717, 1.165) is 12.8 Å². The Morgan fingerprint density at radius 1 is 1.37 bits per heavy atom. The molecule has 2 rings (SSSR count). The maximum absolute atomic E-state index is 13.7. The van der Waals surface area contributed by atoms with Gasteiger partial charge in [0.25, 0.3) is 5.91 Å². The Labute approximate surface area is 113 Å². The lowest BCUT2D eigenvalue weighted by Gasteiger charge is -2.34. The number of halogens is 1. The first kappa shape index (κ1) is 13.8. The van der Waals surface area contributed by atoms with E-state index < -0.39 is 5.82 Å². The second kappa shape index (κ2) is 5.59. The van der Waals surface area contributed by atoms with Crippen LogP contribution in [0.4, 0.5) is 10.1 Å². The van der Waals surface area contributed by atoms with E-state index in [-0.39, 0.29) is 17.5 Å². The third-order valence-corrected chi connectivity index (χ3v) is 4.26. The normalized spacial score (nSPS) is 27.0. The van der Waals surface area contributed by atoms with Crippen LogP contribution in [-0.2, 0) is 0 Å². The number of hydrogen-bond donors (Lipinski definition) is 2. The van der Waals surface area contributed by atoms with E-state index in [1.165, 1.54) is 18.6 Å². The largest absolute Gasteiger partial charge is 0.399 e. The fourth-order valence-corrected chi connectivity index (χ4v) is 2.75. The van der Waals surface area contributed by atoms with E-state index in [2.05, 4.69) is 19.2 Å². The molecule has 0 bridgehead atoms. The molecular formula is C15H21FN2O.